The molecule has 28 heavy (non-hydrogen) atoms. The van der Waals surface area contributed by atoms with Gasteiger partial charge in [-0.3, -0.25) is 9.36 Å². The first-order chi connectivity index (χ1) is 13.3. The number of halogens is 1. The molecule has 3 rings (SSSR count). The maximum Gasteiger partial charge on any atom is 0.342 e. The zero-order valence-corrected chi connectivity index (χ0v) is 15.5. The van der Waals surface area contributed by atoms with Crippen molar-refractivity contribution in [2.24, 2.45) is 0 Å². The van der Waals surface area contributed by atoms with Crippen LogP contribution in [0.5, 0.6) is 5.75 Å². The van der Waals surface area contributed by atoms with E-state index in [-0.39, 0.29) is 10.6 Å². The molecule has 0 atom stereocenters. The molecule has 2 aromatic carbocycles. The van der Waals surface area contributed by atoms with Gasteiger partial charge in [0.25, 0.3) is 10.0 Å². The van der Waals surface area contributed by atoms with Gasteiger partial charge in [0.1, 0.15) is 18.1 Å². The number of nitrogens with one attached hydrogen (secondary N) is 1. The van der Waals surface area contributed by atoms with Crippen LogP contribution in [0.25, 0.3) is 0 Å². The first-order valence-corrected chi connectivity index (χ1v) is 9.49. The van der Waals surface area contributed by atoms with E-state index in [1.807, 2.05) is 0 Å². The number of carbonyl (C=O) groups excluding carboxylic acids is 1. The van der Waals surface area contributed by atoms with Gasteiger partial charge in [-0.15, -0.1) is 0 Å². The molecule has 0 radical (unpaired) electrons. The van der Waals surface area contributed by atoms with Crippen molar-refractivity contribution in [3.63, 3.8) is 0 Å². The zero-order valence-electron chi connectivity index (χ0n) is 14.7. The van der Waals surface area contributed by atoms with Crippen molar-refractivity contribution in [2.75, 3.05) is 12.4 Å². The standard InChI is InChI=1S/C18H16FN3O5S/c1-27-13-6-8-14(9-7-13)28(25,26)22-11-10-21(18(22)24)12-17(23)20-16-5-3-2-4-15(16)19/h2-11H,12H2,1H3,(H,20,23). The Morgan fingerprint density at radius 1 is 1.11 bits per heavy atom. The highest BCUT2D eigenvalue weighted by molar-refractivity contribution is 7.90. The van der Waals surface area contributed by atoms with E-state index in [0.29, 0.717) is 9.72 Å². The van der Waals surface area contributed by atoms with Crippen molar-refractivity contribution in [3.05, 3.63) is 77.2 Å². The monoisotopic (exact) mass is 405 g/mol. The van der Waals surface area contributed by atoms with Crippen LogP contribution in [-0.4, -0.2) is 30.0 Å². The lowest BCUT2D eigenvalue weighted by Crippen LogP contribution is -2.32. The number of para-hydroxylation sites is 1. The number of imidazole rings is 1. The number of hydrogen-bond acceptors (Lipinski definition) is 5. The van der Waals surface area contributed by atoms with Crippen molar-refractivity contribution < 1.29 is 22.3 Å². The summed E-state index contributed by atoms with van der Waals surface area (Å²) in [5, 5.41) is 2.33. The van der Waals surface area contributed by atoms with Crippen molar-refractivity contribution in [2.45, 2.75) is 11.4 Å². The van der Waals surface area contributed by atoms with E-state index in [4.69, 9.17) is 4.74 Å². The van der Waals surface area contributed by atoms with Crippen LogP contribution < -0.4 is 15.7 Å². The predicted octanol–water partition coefficient (Wildman–Crippen LogP) is 1.67. The highest BCUT2D eigenvalue weighted by Gasteiger charge is 2.21. The summed E-state index contributed by atoms with van der Waals surface area (Å²) in [5.41, 5.74) is -0.953. The molecular formula is C18H16FN3O5S. The summed E-state index contributed by atoms with van der Waals surface area (Å²) in [6, 6.07) is 11.1. The first kappa shape index (κ1) is 19.4. The van der Waals surface area contributed by atoms with Crippen LogP contribution in [0.15, 0.2) is 70.6 Å². The summed E-state index contributed by atoms with van der Waals surface area (Å²) in [4.78, 5) is 24.4. The number of methoxy groups -OCH3 is 1. The summed E-state index contributed by atoms with van der Waals surface area (Å²) >= 11 is 0. The molecule has 1 N–H and O–H groups in total. The number of aromatic nitrogens is 2. The molecule has 0 unspecified atom stereocenters. The van der Waals surface area contributed by atoms with Gasteiger partial charge in [0.05, 0.1) is 17.7 Å². The van der Waals surface area contributed by atoms with E-state index in [2.05, 4.69) is 5.32 Å². The topological polar surface area (TPSA) is 99.4 Å². The highest BCUT2D eigenvalue weighted by atomic mass is 32.2. The van der Waals surface area contributed by atoms with Crippen LogP contribution in [0.4, 0.5) is 10.1 Å². The molecule has 1 amide bonds. The predicted molar refractivity (Wildman–Crippen MR) is 99.3 cm³/mol. The fourth-order valence-electron chi connectivity index (χ4n) is 2.47. The molecular weight excluding hydrogens is 389 g/mol. The first-order valence-electron chi connectivity index (χ1n) is 8.05. The Bertz CT molecular complexity index is 1170. The summed E-state index contributed by atoms with van der Waals surface area (Å²) in [7, 11) is -2.69. The fraction of sp³-hybridized carbons (Fsp3) is 0.111. The Balaban J connectivity index is 1.82. The number of rotatable bonds is 6. The Kier molecular flexibility index (Phi) is 5.32. The summed E-state index contributed by atoms with van der Waals surface area (Å²) in [6.07, 6.45) is 2.22. The molecule has 1 aromatic heterocycles. The third-order valence-corrected chi connectivity index (χ3v) is 5.56. The number of amides is 1. The fourth-order valence-corrected chi connectivity index (χ4v) is 3.70. The molecule has 146 valence electrons. The van der Waals surface area contributed by atoms with Gasteiger partial charge in [0.15, 0.2) is 0 Å². The second-order valence-electron chi connectivity index (χ2n) is 5.71. The molecule has 0 aliphatic carbocycles. The van der Waals surface area contributed by atoms with Gasteiger partial charge in [-0.05, 0) is 36.4 Å². The lowest BCUT2D eigenvalue weighted by Gasteiger charge is -2.07. The van der Waals surface area contributed by atoms with E-state index in [1.54, 1.807) is 6.07 Å². The van der Waals surface area contributed by atoms with E-state index in [1.165, 1.54) is 55.8 Å². The maximum absolute atomic E-state index is 13.6. The number of nitrogens with zero attached hydrogens (tertiary/aromatic N) is 2. The van der Waals surface area contributed by atoms with Crippen LogP contribution >= 0.6 is 0 Å². The molecule has 0 saturated heterocycles. The van der Waals surface area contributed by atoms with E-state index in [9.17, 15) is 22.4 Å². The van der Waals surface area contributed by atoms with Gasteiger partial charge < -0.3 is 10.1 Å². The minimum Gasteiger partial charge on any atom is -0.497 e. The Labute approximate surface area is 159 Å². The van der Waals surface area contributed by atoms with Crippen LogP contribution in [0.2, 0.25) is 0 Å². The highest BCUT2D eigenvalue weighted by Crippen LogP contribution is 2.17. The lowest BCUT2D eigenvalue weighted by atomic mass is 10.3. The Morgan fingerprint density at radius 2 is 1.79 bits per heavy atom. The SMILES string of the molecule is COc1ccc(S(=O)(=O)n2ccn(CC(=O)Nc3ccccc3F)c2=O)cc1. The number of anilines is 1. The van der Waals surface area contributed by atoms with Crippen LogP contribution in [0, 0.1) is 5.82 Å². The Morgan fingerprint density at radius 3 is 2.43 bits per heavy atom. The Hall–Kier alpha value is -3.40. The number of benzene rings is 2. The van der Waals surface area contributed by atoms with Crippen LogP contribution in [-0.2, 0) is 21.4 Å². The minimum absolute atomic E-state index is 0.0363. The molecule has 0 saturated carbocycles. The van der Waals surface area contributed by atoms with Gasteiger partial charge in [-0.2, -0.15) is 3.97 Å². The number of ether oxygens (including phenoxy) is 1. The van der Waals surface area contributed by atoms with Gasteiger partial charge in [0, 0.05) is 12.4 Å². The van der Waals surface area contributed by atoms with Gasteiger partial charge in [0.2, 0.25) is 5.91 Å². The molecule has 8 nitrogen and oxygen atoms in total. The normalized spacial score (nSPS) is 11.2. The van der Waals surface area contributed by atoms with Gasteiger partial charge in [-0.1, -0.05) is 12.1 Å². The second-order valence-corrected chi connectivity index (χ2v) is 7.53. The molecule has 1 heterocycles. The largest absolute Gasteiger partial charge is 0.497 e. The lowest BCUT2D eigenvalue weighted by molar-refractivity contribution is -0.116. The number of hydrogen-bond donors (Lipinski definition) is 1. The molecule has 0 aliphatic rings. The third kappa shape index (κ3) is 3.81. The maximum atomic E-state index is 13.6. The molecule has 10 heteroatoms. The van der Waals surface area contributed by atoms with Gasteiger partial charge in [-0.25, -0.2) is 17.6 Å². The molecule has 0 bridgehead atoms. The summed E-state index contributed by atoms with van der Waals surface area (Å²) in [5.74, 6) is -0.830. The van der Waals surface area contributed by atoms with Crippen molar-refractivity contribution in [1.82, 2.24) is 8.54 Å². The molecule has 0 fully saturated rings. The molecule has 0 spiro atoms. The number of carbonyl (C=O) groups is 1. The van der Waals surface area contributed by atoms with E-state index < -0.39 is 34.0 Å². The van der Waals surface area contributed by atoms with Gasteiger partial charge >= 0.3 is 5.69 Å². The smallest absolute Gasteiger partial charge is 0.342 e. The molecule has 3 aromatic rings. The summed E-state index contributed by atoms with van der Waals surface area (Å²) < 4.78 is 45.3. The quantitative estimate of drug-likeness (QED) is 0.673. The zero-order chi connectivity index (χ0) is 20.3. The third-order valence-electron chi connectivity index (χ3n) is 3.89. The van der Waals surface area contributed by atoms with E-state index in [0.717, 1.165) is 10.8 Å². The molecule has 0 aliphatic heterocycles. The van der Waals surface area contributed by atoms with Crippen LogP contribution in [0.3, 0.4) is 0 Å². The minimum atomic E-state index is -4.14. The van der Waals surface area contributed by atoms with E-state index >= 15 is 0 Å². The van der Waals surface area contributed by atoms with Crippen molar-refractivity contribution >= 4 is 21.6 Å². The van der Waals surface area contributed by atoms with Crippen LogP contribution in [0.1, 0.15) is 0 Å². The van der Waals surface area contributed by atoms with Crippen molar-refractivity contribution in [1.29, 1.82) is 0 Å². The average Bonchev–Trinajstić information content (AvgIpc) is 3.04. The van der Waals surface area contributed by atoms with Crippen molar-refractivity contribution in [3.8, 4) is 5.75 Å². The summed E-state index contributed by atoms with van der Waals surface area (Å²) in [6.45, 7) is -0.474. The second kappa shape index (κ2) is 7.69. The average molecular weight is 405 g/mol.